The van der Waals surface area contributed by atoms with Crippen LogP contribution in [0.5, 0.6) is 11.5 Å². The lowest BCUT2D eigenvalue weighted by molar-refractivity contribution is -0.163. The van der Waals surface area contributed by atoms with Crippen LogP contribution in [-0.2, 0) is 10.5 Å². The molecular formula is C27H23N3O3. The lowest BCUT2D eigenvalue weighted by atomic mass is 9.92. The molecule has 3 aliphatic heterocycles. The summed E-state index contributed by atoms with van der Waals surface area (Å²) in [7, 11) is 1.65. The summed E-state index contributed by atoms with van der Waals surface area (Å²) in [6.07, 6.45) is 2.41. The standard InChI is InChI=1S/C27H23N3O3/c1-3-16-29-23-10-6-5-9-21(23)27(26(29)31)30-24(20-8-4-7-11-25(20)33-27)17-22(28-30)18-12-14-19(32-2)15-13-18/h3-15,24H,1,16-17H2,2H3. The maximum absolute atomic E-state index is 14.0. The Morgan fingerprint density at radius 3 is 2.67 bits per heavy atom. The first-order valence-electron chi connectivity index (χ1n) is 11.0. The van der Waals surface area contributed by atoms with E-state index in [1.165, 1.54) is 0 Å². The third-order valence-corrected chi connectivity index (χ3v) is 6.60. The van der Waals surface area contributed by atoms with Crippen LogP contribution in [0.1, 0.15) is 29.2 Å². The highest BCUT2D eigenvalue weighted by Crippen LogP contribution is 2.55. The predicted octanol–water partition coefficient (Wildman–Crippen LogP) is 4.62. The number of nitrogens with zero attached hydrogens (tertiary/aromatic N) is 3. The van der Waals surface area contributed by atoms with Gasteiger partial charge in [0, 0.05) is 18.5 Å². The van der Waals surface area contributed by atoms with E-state index in [2.05, 4.69) is 12.6 Å². The molecule has 0 N–H and O–H groups in total. The number of carbonyl (C=O) groups excluding carboxylic acids is 1. The smallest absolute Gasteiger partial charge is 0.306 e. The van der Waals surface area contributed by atoms with Crippen LogP contribution >= 0.6 is 0 Å². The molecule has 2 unspecified atom stereocenters. The monoisotopic (exact) mass is 437 g/mol. The lowest BCUT2D eigenvalue weighted by Crippen LogP contribution is -2.57. The Labute approximate surface area is 192 Å². The summed E-state index contributed by atoms with van der Waals surface area (Å²) >= 11 is 0. The second-order valence-corrected chi connectivity index (χ2v) is 8.35. The summed E-state index contributed by atoms with van der Waals surface area (Å²) in [5.41, 5.74) is 3.22. The van der Waals surface area contributed by atoms with Crippen LogP contribution in [0.15, 0.2) is 90.6 Å². The lowest BCUT2D eigenvalue weighted by Gasteiger charge is -2.44. The van der Waals surface area contributed by atoms with Gasteiger partial charge in [0.15, 0.2) is 0 Å². The summed E-state index contributed by atoms with van der Waals surface area (Å²) in [5.74, 6) is 1.36. The minimum absolute atomic E-state index is 0.118. The van der Waals surface area contributed by atoms with Gasteiger partial charge in [0.1, 0.15) is 11.5 Å². The van der Waals surface area contributed by atoms with E-state index in [0.29, 0.717) is 18.7 Å². The van der Waals surface area contributed by atoms with Gasteiger partial charge in [-0.25, -0.2) is 5.01 Å². The second-order valence-electron chi connectivity index (χ2n) is 8.35. The zero-order valence-electron chi connectivity index (χ0n) is 18.3. The van der Waals surface area contributed by atoms with Gasteiger partial charge in [0.05, 0.1) is 30.1 Å². The van der Waals surface area contributed by atoms with Gasteiger partial charge in [-0.15, -0.1) is 6.58 Å². The summed E-state index contributed by atoms with van der Waals surface area (Å²) in [5, 5.41) is 6.90. The molecule has 0 fully saturated rings. The van der Waals surface area contributed by atoms with Crippen molar-refractivity contribution in [1.82, 2.24) is 5.01 Å². The Balaban J connectivity index is 1.54. The fourth-order valence-electron chi connectivity index (χ4n) is 5.09. The number of hydrazone groups is 1. The van der Waals surface area contributed by atoms with E-state index in [4.69, 9.17) is 14.6 Å². The molecule has 0 aliphatic carbocycles. The number of methoxy groups -OCH3 is 1. The highest BCUT2D eigenvalue weighted by Gasteiger charge is 2.62. The van der Waals surface area contributed by atoms with Gasteiger partial charge in [-0.05, 0) is 42.0 Å². The maximum atomic E-state index is 14.0. The van der Waals surface area contributed by atoms with Crippen molar-refractivity contribution in [2.75, 3.05) is 18.6 Å². The summed E-state index contributed by atoms with van der Waals surface area (Å²) in [6.45, 7) is 4.25. The quantitative estimate of drug-likeness (QED) is 0.559. The normalized spacial score (nSPS) is 22.4. The first kappa shape index (κ1) is 19.6. The van der Waals surface area contributed by atoms with Crippen LogP contribution in [0.25, 0.3) is 0 Å². The zero-order chi connectivity index (χ0) is 22.6. The predicted molar refractivity (Wildman–Crippen MR) is 126 cm³/mol. The summed E-state index contributed by atoms with van der Waals surface area (Å²) in [4.78, 5) is 15.8. The van der Waals surface area contributed by atoms with Crippen LogP contribution < -0.4 is 14.4 Å². The molecule has 6 rings (SSSR count). The van der Waals surface area contributed by atoms with Crippen LogP contribution in [0.4, 0.5) is 5.69 Å². The van der Waals surface area contributed by atoms with E-state index in [-0.39, 0.29) is 11.9 Å². The highest BCUT2D eigenvalue weighted by molar-refractivity contribution is 6.08. The second kappa shape index (κ2) is 7.24. The number of anilines is 1. The molecule has 0 saturated heterocycles. The molecule has 0 saturated carbocycles. The fourth-order valence-corrected chi connectivity index (χ4v) is 5.09. The van der Waals surface area contributed by atoms with Gasteiger partial charge < -0.3 is 14.4 Å². The van der Waals surface area contributed by atoms with Crippen LogP contribution in [0, 0.1) is 0 Å². The molecule has 1 amide bonds. The SMILES string of the molecule is C=CCN1C(=O)C2(Oc3ccccc3C3CC(c4ccc(OC)cc4)=NN32)c2ccccc21. The maximum Gasteiger partial charge on any atom is 0.306 e. The molecule has 6 heteroatoms. The number of benzene rings is 3. The Morgan fingerprint density at radius 1 is 1.12 bits per heavy atom. The van der Waals surface area contributed by atoms with Crippen molar-refractivity contribution >= 4 is 17.3 Å². The average Bonchev–Trinajstić information content (AvgIpc) is 3.41. The highest BCUT2D eigenvalue weighted by atomic mass is 16.5. The number of amides is 1. The average molecular weight is 437 g/mol. The van der Waals surface area contributed by atoms with Gasteiger partial charge in [-0.1, -0.05) is 42.5 Å². The molecule has 33 heavy (non-hydrogen) atoms. The Morgan fingerprint density at radius 2 is 1.88 bits per heavy atom. The first-order chi connectivity index (χ1) is 16.2. The van der Waals surface area contributed by atoms with Crippen molar-refractivity contribution in [3.8, 4) is 11.5 Å². The van der Waals surface area contributed by atoms with E-state index in [9.17, 15) is 4.79 Å². The van der Waals surface area contributed by atoms with Gasteiger partial charge in [-0.2, -0.15) is 5.10 Å². The van der Waals surface area contributed by atoms with Gasteiger partial charge in [0.25, 0.3) is 5.91 Å². The summed E-state index contributed by atoms with van der Waals surface area (Å²) in [6, 6.07) is 23.5. The molecule has 3 heterocycles. The molecule has 0 bridgehead atoms. The Hall–Kier alpha value is -4.06. The molecule has 1 spiro atoms. The Bertz CT molecular complexity index is 1300. The van der Waals surface area contributed by atoms with Crippen molar-refractivity contribution in [3.05, 3.63) is 102 Å². The molecule has 2 atom stereocenters. The van der Waals surface area contributed by atoms with Gasteiger partial charge in [0.2, 0.25) is 0 Å². The van der Waals surface area contributed by atoms with Crippen LogP contribution in [-0.4, -0.2) is 30.3 Å². The van der Waals surface area contributed by atoms with Gasteiger partial charge in [-0.3, -0.25) is 4.79 Å². The first-order valence-corrected chi connectivity index (χ1v) is 11.0. The number of hydrogen-bond acceptors (Lipinski definition) is 5. The van der Waals surface area contributed by atoms with E-state index >= 15 is 0 Å². The number of hydrogen-bond donors (Lipinski definition) is 0. The third kappa shape index (κ3) is 2.67. The minimum atomic E-state index is -1.35. The zero-order valence-corrected chi connectivity index (χ0v) is 18.3. The van der Waals surface area contributed by atoms with Crippen molar-refractivity contribution in [1.29, 1.82) is 0 Å². The number of carbonyl (C=O) groups is 1. The largest absolute Gasteiger partial charge is 0.497 e. The molecule has 3 aliphatic rings. The number of fused-ring (bicyclic) bond motifs is 6. The molecular weight excluding hydrogens is 414 g/mol. The molecule has 0 radical (unpaired) electrons. The number of rotatable bonds is 4. The summed E-state index contributed by atoms with van der Waals surface area (Å²) < 4.78 is 11.9. The molecule has 0 aromatic heterocycles. The molecule has 6 nitrogen and oxygen atoms in total. The van der Waals surface area contributed by atoms with E-state index in [1.54, 1.807) is 18.1 Å². The third-order valence-electron chi connectivity index (χ3n) is 6.60. The number of ether oxygens (including phenoxy) is 2. The van der Waals surface area contributed by atoms with Crippen molar-refractivity contribution in [2.45, 2.75) is 18.2 Å². The topological polar surface area (TPSA) is 54.4 Å². The molecule has 3 aromatic carbocycles. The number of para-hydroxylation sites is 2. The van der Waals surface area contributed by atoms with Crippen molar-refractivity contribution in [2.24, 2.45) is 5.10 Å². The van der Waals surface area contributed by atoms with E-state index in [1.807, 2.05) is 71.7 Å². The van der Waals surface area contributed by atoms with Crippen molar-refractivity contribution in [3.63, 3.8) is 0 Å². The van der Waals surface area contributed by atoms with Gasteiger partial charge >= 0.3 is 5.72 Å². The van der Waals surface area contributed by atoms with Crippen molar-refractivity contribution < 1.29 is 14.3 Å². The van der Waals surface area contributed by atoms with Crippen LogP contribution in [0.3, 0.4) is 0 Å². The Kier molecular flexibility index (Phi) is 4.30. The van der Waals surface area contributed by atoms with Crippen LogP contribution in [0.2, 0.25) is 0 Å². The minimum Gasteiger partial charge on any atom is -0.497 e. The fraction of sp³-hybridized carbons (Fsp3) is 0.185. The van der Waals surface area contributed by atoms with E-state index in [0.717, 1.165) is 33.8 Å². The molecule has 164 valence electrons. The molecule has 3 aromatic rings. The van der Waals surface area contributed by atoms with E-state index < -0.39 is 5.72 Å².